The summed E-state index contributed by atoms with van der Waals surface area (Å²) >= 11 is 0. The Morgan fingerprint density at radius 3 is 1.06 bits per heavy atom. The van der Waals surface area contributed by atoms with Crippen molar-refractivity contribution in [3.05, 3.63) is 0 Å². The lowest BCUT2D eigenvalue weighted by molar-refractivity contribution is -0.122. The molecule has 0 rings (SSSR count). The lowest BCUT2D eigenvalue weighted by Crippen LogP contribution is -2.04. The molecule has 0 saturated carbocycles. The first-order valence-electron chi connectivity index (χ1n) is 6.42. The van der Waals surface area contributed by atoms with Gasteiger partial charge in [0.2, 0.25) is 0 Å². The Kier molecular flexibility index (Phi) is 12.0. The van der Waals surface area contributed by atoms with Crippen molar-refractivity contribution in [2.45, 2.75) is 67.2 Å². The number of hydrogen-bond acceptors (Lipinski definition) is 2. The summed E-state index contributed by atoms with van der Waals surface area (Å²) in [4.78, 5) is 21.5. The highest BCUT2D eigenvalue weighted by Gasteiger charge is 2.03. The van der Waals surface area contributed by atoms with Gasteiger partial charge in [-0.05, 0) is 12.8 Å². The Bertz CT molecular complexity index is 171. The van der Waals surface area contributed by atoms with Crippen LogP contribution in [0.15, 0.2) is 0 Å². The van der Waals surface area contributed by atoms with Crippen molar-refractivity contribution in [3.63, 3.8) is 0 Å². The van der Waals surface area contributed by atoms with Crippen LogP contribution in [0.5, 0.6) is 0 Å². The molecular formula is C14H28O2. The number of rotatable bonds is 6. The van der Waals surface area contributed by atoms with Gasteiger partial charge < -0.3 is 0 Å². The molecule has 0 aromatic rings. The van der Waals surface area contributed by atoms with E-state index < -0.39 is 0 Å². The number of carbonyl (C=O) groups excluding carboxylic acids is 2. The van der Waals surface area contributed by atoms with Crippen molar-refractivity contribution >= 4 is 11.6 Å². The van der Waals surface area contributed by atoms with Gasteiger partial charge >= 0.3 is 0 Å². The first-order chi connectivity index (χ1) is 7.36. The summed E-state index contributed by atoms with van der Waals surface area (Å²) in [5.74, 6) is 1.23. The topological polar surface area (TPSA) is 34.1 Å². The zero-order valence-corrected chi connectivity index (χ0v) is 11.8. The highest BCUT2D eigenvalue weighted by molar-refractivity contribution is 5.80. The molecule has 0 radical (unpaired) electrons. The number of Topliss-reactive ketones (excluding diaryl/α,β-unsaturated/α-hetero) is 2. The molecule has 0 aliphatic carbocycles. The molecule has 0 unspecified atom stereocenters. The van der Waals surface area contributed by atoms with Gasteiger partial charge in [0.05, 0.1) is 0 Å². The molecule has 2 heteroatoms. The molecule has 0 bridgehead atoms. The first-order valence-corrected chi connectivity index (χ1v) is 6.42. The van der Waals surface area contributed by atoms with Crippen molar-refractivity contribution in [2.75, 3.05) is 0 Å². The van der Waals surface area contributed by atoms with Crippen molar-refractivity contribution in [1.82, 2.24) is 0 Å². The minimum Gasteiger partial charge on any atom is -0.299 e. The van der Waals surface area contributed by atoms with Gasteiger partial charge in [0.25, 0.3) is 0 Å². The lowest BCUT2D eigenvalue weighted by atomic mass is 10.1. The van der Waals surface area contributed by atoms with Gasteiger partial charge in [-0.1, -0.05) is 41.5 Å². The minimum atomic E-state index is 0.231. The summed E-state index contributed by atoms with van der Waals surface area (Å²) in [7, 11) is 0. The summed E-state index contributed by atoms with van der Waals surface area (Å²) in [6.07, 6.45) is 3.46. The first kappa shape index (κ1) is 17.7. The maximum atomic E-state index is 10.7. The molecule has 96 valence electrons. The predicted molar refractivity (Wildman–Crippen MR) is 69.5 cm³/mol. The Labute approximate surface area is 101 Å². The normalized spacial score (nSPS) is 10.0. The van der Waals surface area contributed by atoms with Crippen LogP contribution in [-0.2, 0) is 9.59 Å². The third kappa shape index (κ3) is 11.4. The fourth-order valence-corrected chi connectivity index (χ4v) is 1.07. The van der Waals surface area contributed by atoms with Gasteiger partial charge in [0.1, 0.15) is 11.6 Å². The molecule has 2 nitrogen and oxygen atoms in total. The molecule has 0 amide bonds. The number of ketones is 2. The van der Waals surface area contributed by atoms with Gasteiger partial charge in [-0.25, -0.2) is 0 Å². The van der Waals surface area contributed by atoms with Gasteiger partial charge in [-0.2, -0.15) is 0 Å². The highest BCUT2D eigenvalue weighted by Crippen LogP contribution is 2.00. The van der Waals surface area contributed by atoms with Crippen LogP contribution >= 0.6 is 0 Å². The number of hydrogen-bond donors (Lipinski definition) is 0. The Balaban J connectivity index is 0. The smallest absolute Gasteiger partial charge is 0.135 e. The summed E-state index contributed by atoms with van der Waals surface area (Å²) in [5.41, 5.74) is 0. The molecule has 0 N–H and O–H groups in total. The van der Waals surface area contributed by atoms with Gasteiger partial charge in [-0.15, -0.1) is 0 Å². The predicted octanol–water partition coefficient (Wildman–Crippen LogP) is 4.02. The molecule has 0 aromatic heterocycles. The van der Waals surface area contributed by atoms with Crippen LogP contribution in [0.3, 0.4) is 0 Å². The Morgan fingerprint density at radius 1 is 0.750 bits per heavy atom. The van der Waals surface area contributed by atoms with Crippen molar-refractivity contribution < 1.29 is 9.59 Å². The average Bonchev–Trinajstić information content (AvgIpc) is 2.19. The van der Waals surface area contributed by atoms with E-state index in [0.29, 0.717) is 11.6 Å². The van der Waals surface area contributed by atoms with E-state index in [-0.39, 0.29) is 11.8 Å². The summed E-state index contributed by atoms with van der Waals surface area (Å²) in [6, 6.07) is 0. The van der Waals surface area contributed by atoms with E-state index in [1.165, 1.54) is 0 Å². The van der Waals surface area contributed by atoms with Crippen LogP contribution in [0, 0.1) is 11.8 Å². The lowest BCUT2D eigenvalue weighted by Gasteiger charge is -1.98. The van der Waals surface area contributed by atoms with Crippen molar-refractivity contribution in [3.8, 4) is 0 Å². The molecular weight excluding hydrogens is 200 g/mol. The monoisotopic (exact) mass is 228 g/mol. The van der Waals surface area contributed by atoms with Crippen LogP contribution in [0.4, 0.5) is 0 Å². The van der Waals surface area contributed by atoms with E-state index >= 15 is 0 Å². The summed E-state index contributed by atoms with van der Waals surface area (Å²) in [6.45, 7) is 11.8. The second-order valence-corrected chi connectivity index (χ2v) is 4.74. The zero-order valence-electron chi connectivity index (χ0n) is 11.8. The van der Waals surface area contributed by atoms with E-state index in [2.05, 4.69) is 0 Å². The second-order valence-electron chi connectivity index (χ2n) is 4.74. The van der Waals surface area contributed by atoms with Crippen LogP contribution in [0.25, 0.3) is 0 Å². The Morgan fingerprint density at radius 2 is 1.00 bits per heavy atom. The van der Waals surface area contributed by atoms with Crippen LogP contribution in [0.2, 0.25) is 0 Å². The number of carbonyl (C=O) groups is 2. The van der Waals surface area contributed by atoms with E-state index in [1.54, 1.807) is 0 Å². The fourth-order valence-electron chi connectivity index (χ4n) is 1.07. The maximum Gasteiger partial charge on any atom is 0.135 e. The third-order valence-corrected chi connectivity index (χ3v) is 2.28. The van der Waals surface area contributed by atoms with Crippen molar-refractivity contribution in [2.24, 2.45) is 11.8 Å². The molecule has 0 heterocycles. The molecule has 0 spiro atoms. The van der Waals surface area contributed by atoms with Crippen molar-refractivity contribution in [1.29, 1.82) is 0 Å². The van der Waals surface area contributed by atoms with Gasteiger partial charge in [0.15, 0.2) is 0 Å². The van der Waals surface area contributed by atoms with Crippen LogP contribution in [0.1, 0.15) is 67.2 Å². The highest BCUT2D eigenvalue weighted by atomic mass is 16.1. The second kappa shape index (κ2) is 10.8. The summed E-state index contributed by atoms with van der Waals surface area (Å²) < 4.78 is 0. The third-order valence-electron chi connectivity index (χ3n) is 2.28. The van der Waals surface area contributed by atoms with E-state index in [0.717, 1.165) is 25.7 Å². The maximum absolute atomic E-state index is 10.7. The quantitative estimate of drug-likeness (QED) is 0.688. The average molecular weight is 228 g/mol. The molecule has 0 aliphatic rings. The molecule has 0 aliphatic heterocycles. The standard InChI is InChI=1S/2C7H14O/c2*1-4-5-7(8)6(2)3/h2*6H,4-5H2,1-3H3. The molecule has 0 atom stereocenters. The molecule has 0 aromatic carbocycles. The van der Waals surface area contributed by atoms with Gasteiger partial charge in [0, 0.05) is 24.7 Å². The Hall–Kier alpha value is -0.660. The van der Waals surface area contributed by atoms with Crippen LogP contribution in [-0.4, -0.2) is 11.6 Å². The largest absolute Gasteiger partial charge is 0.299 e. The SMILES string of the molecule is CCCC(=O)C(C)C.CCCC(=O)C(C)C. The molecule has 16 heavy (non-hydrogen) atoms. The van der Waals surface area contributed by atoms with E-state index in [1.807, 2.05) is 41.5 Å². The molecule has 0 fully saturated rings. The van der Waals surface area contributed by atoms with E-state index in [9.17, 15) is 9.59 Å². The van der Waals surface area contributed by atoms with Crippen LogP contribution < -0.4 is 0 Å². The minimum absolute atomic E-state index is 0.231. The molecule has 0 saturated heterocycles. The van der Waals surface area contributed by atoms with E-state index in [4.69, 9.17) is 0 Å². The fraction of sp³-hybridized carbons (Fsp3) is 0.857. The summed E-state index contributed by atoms with van der Waals surface area (Å²) in [5, 5.41) is 0. The van der Waals surface area contributed by atoms with Gasteiger partial charge in [-0.3, -0.25) is 9.59 Å². The zero-order chi connectivity index (χ0) is 13.1.